The number of rotatable bonds is 4. The van der Waals surface area contributed by atoms with E-state index in [1.54, 1.807) is 11.8 Å². The summed E-state index contributed by atoms with van der Waals surface area (Å²) in [6, 6.07) is 7.00. The van der Waals surface area contributed by atoms with Crippen LogP contribution < -0.4 is 10.6 Å². The van der Waals surface area contributed by atoms with Crippen LogP contribution in [-0.2, 0) is 0 Å². The molecule has 3 nitrogen and oxygen atoms in total. The van der Waals surface area contributed by atoms with Crippen LogP contribution in [0.2, 0.25) is 0 Å². The summed E-state index contributed by atoms with van der Waals surface area (Å²) < 4.78 is 0. The highest BCUT2D eigenvalue weighted by molar-refractivity contribution is 7.98. The van der Waals surface area contributed by atoms with Crippen LogP contribution in [0, 0.1) is 11.3 Å². The van der Waals surface area contributed by atoms with Gasteiger partial charge >= 0.3 is 0 Å². The van der Waals surface area contributed by atoms with E-state index in [4.69, 9.17) is 11.1 Å². The van der Waals surface area contributed by atoms with E-state index in [1.807, 2.05) is 0 Å². The zero-order chi connectivity index (χ0) is 14.8. The molecule has 1 aliphatic heterocycles. The molecule has 114 valence electrons. The van der Waals surface area contributed by atoms with Crippen LogP contribution in [0.1, 0.15) is 44.1 Å². The molecule has 1 unspecified atom stereocenters. The van der Waals surface area contributed by atoms with Gasteiger partial charge in [0.1, 0.15) is 5.84 Å². The number of thioether (sulfide) groups is 1. The molecule has 0 spiro atoms. The zero-order valence-electron chi connectivity index (χ0n) is 12.8. The van der Waals surface area contributed by atoms with Crippen molar-refractivity contribution >= 4 is 23.3 Å². The maximum atomic E-state index is 8.00. The molecule has 4 heteroatoms. The van der Waals surface area contributed by atoms with E-state index in [9.17, 15) is 0 Å². The van der Waals surface area contributed by atoms with Gasteiger partial charge in [0.15, 0.2) is 0 Å². The molecule has 1 heterocycles. The van der Waals surface area contributed by atoms with E-state index in [2.05, 4.69) is 29.4 Å². The van der Waals surface area contributed by atoms with Crippen molar-refractivity contribution in [1.82, 2.24) is 0 Å². The number of nitrogen functional groups attached to an aromatic ring is 1. The van der Waals surface area contributed by atoms with Gasteiger partial charge in [-0.3, -0.25) is 5.41 Å². The lowest BCUT2D eigenvalue weighted by Crippen LogP contribution is -2.36. The molecule has 1 aromatic carbocycles. The standard InChI is InChI=1S/C17H25N3S/c1-21-15-10-4-8-14(16(15)17(18)19)20-11-5-9-13(20)12-6-2-3-7-12/h4,8,10,12-13H,2-3,5-7,9,11H2,1H3,(H3,18,19). The van der Waals surface area contributed by atoms with Gasteiger partial charge in [-0.2, -0.15) is 0 Å². The predicted octanol–water partition coefficient (Wildman–Crippen LogP) is 3.85. The Kier molecular flexibility index (Phi) is 4.43. The molecular formula is C17H25N3S. The van der Waals surface area contributed by atoms with Gasteiger partial charge in [-0.1, -0.05) is 18.9 Å². The smallest absolute Gasteiger partial charge is 0.126 e. The van der Waals surface area contributed by atoms with Crippen LogP contribution in [0.25, 0.3) is 0 Å². The van der Waals surface area contributed by atoms with Crippen molar-refractivity contribution in [2.24, 2.45) is 11.7 Å². The number of amidine groups is 1. The molecule has 1 aliphatic carbocycles. The summed E-state index contributed by atoms with van der Waals surface area (Å²) in [6.45, 7) is 1.11. The molecule has 0 amide bonds. The van der Waals surface area contributed by atoms with Gasteiger partial charge in [0.25, 0.3) is 0 Å². The highest BCUT2D eigenvalue weighted by Gasteiger charge is 2.34. The van der Waals surface area contributed by atoms with Crippen molar-refractivity contribution in [2.75, 3.05) is 17.7 Å². The molecule has 1 atom stereocenters. The molecule has 21 heavy (non-hydrogen) atoms. The van der Waals surface area contributed by atoms with Gasteiger partial charge in [-0.15, -0.1) is 11.8 Å². The maximum absolute atomic E-state index is 8.00. The minimum Gasteiger partial charge on any atom is -0.384 e. The summed E-state index contributed by atoms with van der Waals surface area (Å²) in [6.07, 6.45) is 10.1. The van der Waals surface area contributed by atoms with E-state index in [-0.39, 0.29) is 5.84 Å². The van der Waals surface area contributed by atoms with Gasteiger partial charge in [-0.05, 0) is 50.0 Å². The summed E-state index contributed by atoms with van der Waals surface area (Å²) in [4.78, 5) is 3.67. The van der Waals surface area contributed by atoms with Crippen LogP contribution in [-0.4, -0.2) is 24.7 Å². The number of nitrogens with two attached hydrogens (primary N) is 1. The fourth-order valence-corrected chi connectivity index (χ4v) is 4.76. The molecule has 1 aromatic rings. The van der Waals surface area contributed by atoms with Crippen molar-refractivity contribution < 1.29 is 0 Å². The van der Waals surface area contributed by atoms with Crippen molar-refractivity contribution in [3.05, 3.63) is 23.8 Å². The van der Waals surface area contributed by atoms with E-state index < -0.39 is 0 Å². The van der Waals surface area contributed by atoms with Crippen LogP contribution in [0.5, 0.6) is 0 Å². The number of benzene rings is 1. The second-order valence-corrected chi connectivity index (χ2v) is 7.06. The minimum absolute atomic E-state index is 0.201. The van der Waals surface area contributed by atoms with E-state index in [0.717, 1.165) is 22.9 Å². The van der Waals surface area contributed by atoms with Gasteiger partial charge in [0.2, 0.25) is 0 Å². The van der Waals surface area contributed by atoms with Gasteiger partial charge in [0, 0.05) is 23.2 Å². The van der Waals surface area contributed by atoms with Crippen molar-refractivity contribution in [3.8, 4) is 0 Å². The second kappa shape index (κ2) is 6.30. The first-order chi connectivity index (χ1) is 10.2. The number of nitrogens with one attached hydrogen (secondary N) is 1. The summed E-state index contributed by atoms with van der Waals surface area (Å²) in [7, 11) is 0. The molecule has 1 saturated heterocycles. The number of nitrogens with zero attached hydrogens (tertiary/aromatic N) is 1. The Morgan fingerprint density at radius 2 is 2.00 bits per heavy atom. The molecule has 3 N–H and O–H groups in total. The summed E-state index contributed by atoms with van der Waals surface area (Å²) >= 11 is 1.68. The third-order valence-electron chi connectivity index (χ3n) is 5.05. The number of hydrogen-bond acceptors (Lipinski definition) is 3. The normalized spacial score (nSPS) is 22.9. The number of hydrogen-bond donors (Lipinski definition) is 2. The predicted molar refractivity (Wildman–Crippen MR) is 91.6 cm³/mol. The molecule has 2 aliphatic rings. The number of anilines is 1. The lowest BCUT2D eigenvalue weighted by Gasteiger charge is -2.33. The Morgan fingerprint density at radius 3 is 2.67 bits per heavy atom. The lowest BCUT2D eigenvalue weighted by atomic mass is 9.95. The van der Waals surface area contributed by atoms with Crippen LogP contribution >= 0.6 is 11.8 Å². The van der Waals surface area contributed by atoms with Gasteiger partial charge in [-0.25, -0.2) is 0 Å². The molecule has 0 bridgehead atoms. The Morgan fingerprint density at radius 1 is 1.24 bits per heavy atom. The average Bonchev–Trinajstić information content (AvgIpc) is 3.16. The van der Waals surface area contributed by atoms with Crippen molar-refractivity contribution in [3.63, 3.8) is 0 Å². The summed E-state index contributed by atoms with van der Waals surface area (Å²) in [5.74, 6) is 1.04. The molecule has 2 fully saturated rings. The zero-order valence-corrected chi connectivity index (χ0v) is 13.6. The first-order valence-electron chi connectivity index (χ1n) is 8.00. The Hall–Kier alpha value is -1.16. The molecule has 1 saturated carbocycles. The monoisotopic (exact) mass is 303 g/mol. The largest absolute Gasteiger partial charge is 0.384 e. The quantitative estimate of drug-likeness (QED) is 0.504. The Bertz CT molecular complexity index is 523. The first kappa shape index (κ1) is 14.8. The summed E-state index contributed by atoms with van der Waals surface area (Å²) in [5.41, 5.74) is 8.02. The molecule has 0 radical (unpaired) electrons. The van der Waals surface area contributed by atoms with Gasteiger partial charge in [0.05, 0.1) is 5.56 Å². The third-order valence-corrected chi connectivity index (χ3v) is 5.83. The van der Waals surface area contributed by atoms with Crippen LogP contribution in [0.15, 0.2) is 23.1 Å². The topological polar surface area (TPSA) is 53.1 Å². The first-order valence-corrected chi connectivity index (χ1v) is 9.23. The van der Waals surface area contributed by atoms with E-state index in [0.29, 0.717) is 6.04 Å². The average molecular weight is 303 g/mol. The second-order valence-electron chi connectivity index (χ2n) is 6.22. The fraction of sp³-hybridized carbons (Fsp3) is 0.588. The van der Waals surface area contributed by atoms with Gasteiger partial charge < -0.3 is 10.6 Å². The highest BCUT2D eigenvalue weighted by Crippen LogP contribution is 2.40. The van der Waals surface area contributed by atoms with E-state index in [1.165, 1.54) is 44.2 Å². The molecule has 0 aromatic heterocycles. The highest BCUT2D eigenvalue weighted by atomic mass is 32.2. The van der Waals surface area contributed by atoms with Crippen LogP contribution in [0.3, 0.4) is 0 Å². The maximum Gasteiger partial charge on any atom is 0.126 e. The Labute approximate surface area is 131 Å². The minimum atomic E-state index is 0.201. The lowest BCUT2D eigenvalue weighted by molar-refractivity contribution is 0.430. The molecular weight excluding hydrogens is 278 g/mol. The van der Waals surface area contributed by atoms with E-state index >= 15 is 0 Å². The van der Waals surface area contributed by atoms with Crippen LogP contribution in [0.4, 0.5) is 5.69 Å². The molecule has 3 rings (SSSR count). The Balaban J connectivity index is 1.96. The summed E-state index contributed by atoms with van der Waals surface area (Å²) in [5, 5.41) is 8.00. The fourth-order valence-electron chi connectivity index (χ4n) is 4.12. The SMILES string of the molecule is CSc1cccc(N2CCCC2C2CCCC2)c1C(=N)N. The van der Waals surface area contributed by atoms with Crippen molar-refractivity contribution in [1.29, 1.82) is 5.41 Å². The van der Waals surface area contributed by atoms with Crippen molar-refractivity contribution in [2.45, 2.75) is 49.5 Å². The third kappa shape index (κ3) is 2.78.